The van der Waals surface area contributed by atoms with Crippen molar-refractivity contribution in [2.24, 2.45) is 5.41 Å². The number of hydrogen-bond acceptors (Lipinski definition) is 5. The molecule has 0 radical (unpaired) electrons. The number of nitriles is 1. The van der Waals surface area contributed by atoms with Gasteiger partial charge >= 0.3 is 5.97 Å². The van der Waals surface area contributed by atoms with E-state index in [2.05, 4.69) is 10.8 Å². The highest BCUT2D eigenvalue weighted by Crippen LogP contribution is 2.45. The fourth-order valence-electron chi connectivity index (χ4n) is 3.24. The van der Waals surface area contributed by atoms with Gasteiger partial charge in [-0.15, -0.1) is 0 Å². The first kappa shape index (κ1) is 22.1. The average molecular weight is 391 g/mol. The lowest BCUT2D eigenvalue weighted by Gasteiger charge is -2.44. The van der Waals surface area contributed by atoms with Crippen molar-refractivity contribution in [1.82, 2.24) is 0 Å². The molecule has 0 aromatic heterocycles. The highest BCUT2D eigenvalue weighted by Gasteiger charge is 2.47. The van der Waals surface area contributed by atoms with Crippen molar-refractivity contribution < 1.29 is 19.4 Å². The molecule has 0 amide bonds. The maximum atomic E-state index is 12.3. The number of methoxy groups -OCH3 is 1. The van der Waals surface area contributed by atoms with E-state index in [1.165, 1.54) is 19.3 Å². The van der Waals surface area contributed by atoms with Gasteiger partial charge in [-0.3, -0.25) is 4.79 Å². The highest BCUT2D eigenvalue weighted by atomic mass is 16.5. The van der Waals surface area contributed by atoms with Crippen LogP contribution in [0.2, 0.25) is 0 Å². The van der Waals surface area contributed by atoms with Gasteiger partial charge in [-0.1, -0.05) is 44.2 Å². The number of carbonyl (C=O) groups excluding carboxylic acids is 2. The monoisotopic (exact) mass is 391 g/mol. The zero-order valence-corrected chi connectivity index (χ0v) is 17.1. The van der Waals surface area contributed by atoms with Gasteiger partial charge in [0.1, 0.15) is 5.60 Å². The SMILES string of the molecule is COC(=O)/C=C(C)\C=C\[C@@]1(O)C(/C=C/c2cccc(C#N)c2)=CC(=O)CC1(C)C. The van der Waals surface area contributed by atoms with E-state index in [-0.39, 0.29) is 12.2 Å². The van der Waals surface area contributed by atoms with E-state index >= 15 is 0 Å². The summed E-state index contributed by atoms with van der Waals surface area (Å²) in [7, 11) is 1.30. The van der Waals surface area contributed by atoms with Gasteiger partial charge < -0.3 is 9.84 Å². The van der Waals surface area contributed by atoms with E-state index in [9.17, 15) is 14.7 Å². The standard InChI is InChI=1S/C24H25NO4/c1-17(12-22(27)29-4)10-11-24(28)20(14-21(26)15-23(24,2)3)9-8-18-6-5-7-19(13-18)16-25/h5-14,28H,15H2,1-4H3/b9-8+,11-10+,17-12-/t24-/m1/s1. The molecule has 1 aromatic rings. The molecule has 1 aliphatic rings. The number of allylic oxidation sites excluding steroid dienone is 3. The summed E-state index contributed by atoms with van der Waals surface area (Å²) >= 11 is 0. The molecule has 0 saturated carbocycles. The fraction of sp³-hybridized carbons (Fsp3) is 0.292. The summed E-state index contributed by atoms with van der Waals surface area (Å²) in [6.45, 7) is 5.38. The van der Waals surface area contributed by atoms with Crippen LogP contribution in [-0.2, 0) is 14.3 Å². The van der Waals surface area contributed by atoms with Crippen molar-refractivity contribution >= 4 is 17.8 Å². The summed E-state index contributed by atoms with van der Waals surface area (Å²) in [5.74, 6) is -0.550. The fourth-order valence-corrected chi connectivity index (χ4v) is 3.24. The predicted molar refractivity (Wildman–Crippen MR) is 112 cm³/mol. The van der Waals surface area contributed by atoms with Crippen LogP contribution >= 0.6 is 0 Å². The molecule has 0 bridgehead atoms. The Hall–Kier alpha value is -3.23. The van der Waals surface area contributed by atoms with Crippen molar-refractivity contribution in [1.29, 1.82) is 5.26 Å². The van der Waals surface area contributed by atoms with Gasteiger partial charge in [0.2, 0.25) is 0 Å². The number of hydrogen-bond donors (Lipinski definition) is 1. The number of aliphatic hydroxyl groups is 1. The molecule has 0 heterocycles. The predicted octanol–water partition coefficient (Wildman–Crippen LogP) is 3.90. The highest BCUT2D eigenvalue weighted by molar-refractivity contribution is 5.94. The van der Waals surface area contributed by atoms with E-state index < -0.39 is 17.0 Å². The molecule has 1 atom stereocenters. The lowest BCUT2D eigenvalue weighted by Crippen LogP contribution is -2.48. The zero-order valence-electron chi connectivity index (χ0n) is 17.1. The van der Waals surface area contributed by atoms with E-state index in [1.54, 1.807) is 49.4 Å². The number of carbonyl (C=O) groups is 2. The second kappa shape index (κ2) is 8.85. The van der Waals surface area contributed by atoms with Gasteiger partial charge in [0, 0.05) is 17.9 Å². The Morgan fingerprint density at radius 2 is 2.03 bits per heavy atom. The Morgan fingerprint density at radius 3 is 2.69 bits per heavy atom. The average Bonchev–Trinajstić information content (AvgIpc) is 2.67. The van der Waals surface area contributed by atoms with Crippen LogP contribution in [0.1, 0.15) is 38.3 Å². The first-order valence-corrected chi connectivity index (χ1v) is 9.22. The second-order valence-electron chi connectivity index (χ2n) is 7.71. The normalized spacial score (nSPS) is 21.9. The number of ether oxygens (including phenoxy) is 1. The second-order valence-corrected chi connectivity index (χ2v) is 7.71. The molecular formula is C24H25NO4. The van der Waals surface area contributed by atoms with Crippen LogP contribution in [0.4, 0.5) is 0 Å². The third kappa shape index (κ3) is 5.18. The molecule has 0 unspecified atom stereocenters. The largest absolute Gasteiger partial charge is 0.466 e. The summed E-state index contributed by atoms with van der Waals surface area (Å²) in [6, 6.07) is 9.14. The van der Waals surface area contributed by atoms with Gasteiger partial charge in [-0.25, -0.2) is 4.79 Å². The number of rotatable bonds is 5. The van der Waals surface area contributed by atoms with Gasteiger partial charge in [0.25, 0.3) is 0 Å². The van der Waals surface area contributed by atoms with Crippen LogP contribution in [0.15, 0.2) is 65.8 Å². The molecular weight excluding hydrogens is 366 g/mol. The third-order valence-electron chi connectivity index (χ3n) is 5.01. The molecule has 150 valence electrons. The molecule has 1 aliphatic carbocycles. The summed E-state index contributed by atoms with van der Waals surface area (Å²) in [6.07, 6.45) is 9.67. The van der Waals surface area contributed by atoms with E-state index in [0.29, 0.717) is 16.7 Å². The van der Waals surface area contributed by atoms with Crippen molar-refractivity contribution in [2.75, 3.05) is 7.11 Å². The van der Waals surface area contributed by atoms with Gasteiger partial charge in [0.15, 0.2) is 5.78 Å². The molecule has 0 aliphatic heterocycles. The van der Waals surface area contributed by atoms with Crippen molar-refractivity contribution in [3.63, 3.8) is 0 Å². The van der Waals surface area contributed by atoms with Crippen LogP contribution in [0.3, 0.4) is 0 Å². The maximum absolute atomic E-state index is 12.3. The molecule has 5 heteroatoms. The lowest BCUT2D eigenvalue weighted by molar-refractivity contribution is -0.134. The molecule has 2 rings (SSSR count). The molecule has 0 fully saturated rings. The van der Waals surface area contributed by atoms with Crippen LogP contribution in [-0.4, -0.2) is 29.6 Å². The smallest absolute Gasteiger partial charge is 0.330 e. The maximum Gasteiger partial charge on any atom is 0.330 e. The first-order valence-electron chi connectivity index (χ1n) is 9.22. The molecule has 0 saturated heterocycles. The Bertz CT molecular complexity index is 973. The van der Waals surface area contributed by atoms with Gasteiger partial charge in [-0.05, 0) is 47.9 Å². The number of ketones is 1. The first-order chi connectivity index (χ1) is 13.6. The Labute approximate surface area is 171 Å². The summed E-state index contributed by atoms with van der Waals surface area (Å²) < 4.78 is 4.62. The molecule has 29 heavy (non-hydrogen) atoms. The van der Waals surface area contributed by atoms with Crippen LogP contribution in [0, 0.1) is 16.7 Å². The molecule has 5 nitrogen and oxygen atoms in total. The molecule has 0 spiro atoms. The van der Waals surface area contributed by atoms with Gasteiger partial charge in [-0.2, -0.15) is 5.26 Å². The number of nitrogens with zero attached hydrogens (tertiary/aromatic N) is 1. The van der Waals surface area contributed by atoms with Gasteiger partial charge in [0.05, 0.1) is 18.7 Å². The Morgan fingerprint density at radius 1 is 1.31 bits per heavy atom. The summed E-state index contributed by atoms with van der Waals surface area (Å²) in [4.78, 5) is 23.7. The van der Waals surface area contributed by atoms with Crippen molar-refractivity contribution in [3.05, 3.63) is 76.9 Å². The van der Waals surface area contributed by atoms with Crippen LogP contribution < -0.4 is 0 Å². The van der Waals surface area contributed by atoms with E-state index in [1.807, 2.05) is 19.9 Å². The topological polar surface area (TPSA) is 87.4 Å². The van der Waals surface area contributed by atoms with Crippen molar-refractivity contribution in [2.45, 2.75) is 32.8 Å². The summed E-state index contributed by atoms with van der Waals surface area (Å²) in [5.41, 5.74) is 0.199. The van der Waals surface area contributed by atoms with Crippen LogP contribution in [0.5, 0.6) is 0 Å². The van der Waals surface area contributed by atoms with Crippen LogP contribution in [0.25, 0.3) is 6.08 Å². The number of esters is 1. The third-order valence-corrected chi connectivity index (χ3v) is 5.01. The van der Waals surface area contributed by atoms with E-state index in [0.717, 1.165) is 5.56 Å². The molecule has 1 N–H and O–H groups in total. The zero-order chi connectivity index (χ0) is 21.7. The Kier molecular flexibility index (Phi) is 6.73. The van der Waals surface area contributed by atoms with Crippen molar-refractivity contribution in [3.8, 4) is 6.07 Å². The summed E-state index contributed by atoms with van der Waals surface area (Å²) in [5, 5.41) is 20.6. The lowest BCUT2D eigenvalue weighted by atomic mass is 9.64. The minimum absolute atomic E-state index is 0.0691. The quantitative estimate of drug-likeness (QED) is 0.467. The minimum atomic E-state index is -1.42. The number of benzene rings is 1. The van der Waals surface area contributed by atoms with E-state index in [4.69, 9.17) is 5.26 Å². The Balaban J connectivity index is 2.45. The minimum Gasteiger partial charge on any atom is -0.466 e. The molecule has 1 aromatic carbocycles.